The molecule has 0 saturated carbocycles. The number of unbranched alkanes of at least 4 members (excludes halogenated alkanes) is 3. The van der Waals surface area contributed by atoms with E-state index < -0.39 is 23.4 Å². The predicted octanol–water partition coefficient (Wildman–Crippen LogP) is 5.98. The van der Waals surface area contributed by atoms with Crippen molar-refractivity contribution in [3.05, 3.63) is 62.6 Å². The zero-order valence-electron chi connectivity index (χ0n) is 16.3. The van der Waals surface area contributed by atoms with Crippen molar-refractivity contribution in [3.63, 3.8) is 0 Å². The quantitative estimate of drug-likeness (QED) is 0.307. The maximum atomic E-state index is 11.5. The van der Waals surface area contributed by atoms with E-state index >= 15 is 0 Å². The molecule has 2 rings (SSSR count). The normalized spacial score (nSPS) is 10.2. The van der Waals surface area contributed by atoms with Crippen LogP contribution in [-0.4, -0.2) is 32.4 Å². The number of carboxylic acids is 2. The Morgan fingerprint density at radius 2 is 1.30 bits per heavy atom. The van der Waals surface area contributed by atoms with Crippen molar-refractivity contribution in [1.82, 2.24) is 6.15 Å². The number of benzene rings is 2. The molecule has 0 saturated heterocycles. The van der Waals surface area contributed by atoms with Gasteiger partial charge >= 0.3 is 11.9 Å². The minimum atomic E-state index is -1.36. The zero-order valence-corrected chi connectivity index (χ0v) is 17.8. The highest BCUT2D eigenvalue weighted by molar-refractivity contribution is 6.33. The molecule has 2 aromatic rings. The second-order valence-corrected chi connectivity index (χ2v) is 7.25. The third-order valence-corrected chi connectivity index (χ3v) is 4.94. The van der Waals surface area contributed by atoms with E-state index in [2.05, 4.69) is 6.92 Å². The minimum Gasteiger partial charge on any atom is -0.505 e. The number of allylic oxidation sites excluding steroid dienone is 1. The summed E-state index contributed by atoms with van der Waals surface area (Å²) in [6.45, 7) is 2.06. The summed E-state index contributed by atoms with van der Waals surface area (Å²) in [5, 5.41) is 38.2. The van der Waals surface area contributed by atoms with Crippen LogP contribution in [-0.2, 0) is 0 Å². The Morgan fingerprint density at radius 1 is 0.867 bits per heavy atom. The number of carboxylic acid groups (broad SMARTS) is 2. The van der Waals surface area contributed by atoms with Crippen LogP contribution < -0.4 is 6.15 Å². The summed E-state index contributed by atoms with van der Waals surface area (Å²) in [7, 11) is 0. The predicted molar refractivity (Wildman–Crippen MR) is 116 cm³/mol. The van der Waals surface area contributed by atoms with Crippen molar-refractivity contribution in [1.29, 1.82) is 0 Å². The molecular formula is C21H23Cl2NO6. The Labute approximate surface area is 183 Å². The van der Waals surface area contributed by atoms with E-state index in [0.29, 0.717) is 23.1 Å². The number of aromatic hydroxyl groups is 2. The Kier molecular flexibility index (Phi) is 9.17. The molecule has 0 fully saturated rings. The SMILES string of the molecule is CCCCCC=C(c1cc(Cl)c(O)c(C(=O)O)c1)c1cc(Cl)c(O)c(C(=O)O)c1.N. The molecule has 7 nitrogen and oxygen atoms in total. The maximum absolute atomic E-state index is 11.5. The molecule has 162 valence electrons. The molecule has 0 aromatic heterocycles. The number of hydrogen-bond acceptors (Lipinski definition) is 5. The van der Waals surface area contributed by atoms with Crippen LogP contribution >= 0.6 is 23.2 Å². The Bertz CT molecular complexity index is 916. The molecule has 30 heavy (non-hydrogen) atoms. The molecule has 9 heteroatoms. The standard InChI is InChI=1S/C21H20Cl2O6.H3N/c1-2-3-4-5-6-13(11-7-14(20(26)27)18(24)16(22)9-11)12-8-15(21(28)29)19(25)17(23)10-12;/h6-10,24-25H,2-5H2,1H3,(H,26,27)(H,28,29);1H3. The molecule has 7 N–H and O–H groups in total. The largest absolute Gasteiger partial charge is 0.505 e. The van der Waals surface area contributed by atoms with Crippen molar-refractivity contribution in [3.8, 4) is 11.5 Å². The van der Waals surface area contributed by atoms with Crippen molar-refractivity contribution in [2.24, 2.45) is 0 Å². The number of carbonyl (C=O) groups is 2. The first kappa shape index (κ1) is 25.3. The van der Waals surface area contributed by atoms with E-state index in [4.69, 9.17) is 23.2 Å². The van der Waals surface area contributed by atoms with Crippen LogP contribution in [0.5, 0.6) is 11.5 Å². The van der Waals surface area contributed by atoms with Gasteiger partial charge in [-0.3, -0.25) is 0 Å². The third-order valence-electron chi connectivity index (χ3n) is 4.37. The van der Waals surface area contributed by atoms with Crippen molar-refractivity contribution in [2.75, 3.05) is 0 Å². The van der Waals surface area contributed by atoms with Crippen molar-refractivity contribution in [2.45, 2.75) is 32.6 Å². The number of phenols is 2. The van der Waals surface area contributed by atoms with Crippen LogP contribution in [0.25, 0.3) is 5.57 Å². The van der Waals surface area contributed by atoms with Gasteiger partial charge in [-0.15, -0.1) is 0 Å². The van der Waals surface area contributed by atoms with E-state index in [0.717, 1.165) is 19.3 Å². The van der Waals surface area contributed by atoms with Gasteiger partial charge in [0.15, 0.2) is 0 Å². The minimum absolute atomic E-state index is 0. The molecule has 0 unspecified atom stereocenters. The Balaban J connectivity index is 0.00000450. The highest BCUT2D eigenvalue weighted by atomic mass is 35.5. The summed E-state index contributed by atoms with van der Waals surface area (Å²) >= 11 is 12.0. The molecule has 0 radical (unpaired) electrons. The molecule has 0 aliphatic rings. The van der Waals surface area contributed by atoms with Crippen molar-refractivity contribution >= 4 is 40.7 Å². The third kappa shape index (κ3) is 5.66. The molecule has 0 aliphatic heterocycles. The van der Waals surface area contributed by atoms with Gasteiger partial charge in [-0.2, -0.15) is 0 Å². The van der Waals surface area contributed by atoms with Crippen molar-refractivity contribution < 1.29 is 30.0 Å². The summed E-state index contributed by atoms with van der Waals surface area (Å²) < 4.78 is 0. The maximum Gasteiger partial charge on any atom is 0.339 e. The van der Waals surface area contributed by atoms with Crippen LogP contribution in [0.15, 0.2) is 30.3 Å². The van der Waals surface area contributed by atoms with Gasteiger partial charge in [-0.1, -0.05) is 49.0 Å². The van der Waals surface area contributed by atoms with Gasteiger partial charge in [0, 0.05) is 0 Å². The van der Waals surface area contributed by atoms with Crippen LogP contribution in [0.4, 0.5) is 0 Å². The number of halogens is 2. The fraction of sp³-hybridized carbons (Fsp3) is 0.238. The van der Waals surface area contributed by atoms with Gasteiger partial charge in [0.25, 0.3) is 0 Å². The van der Waals surface area contributed by atoms with Gasteiger partial charge in [0.2, 0.25) is 0 Å². The topological polar surface area (TPSA) is 150 Å². The molecular weight excluding hydrogens is 433 g/mol. The average molecular weight is 456 g/mol. The van der Waals surface area contributed by atoms with Crippen LogP contribution in [0.3, 0.4) is 0 Å². The molecule has 0 bridgehead atoms. The summed E-state index contributed by atoms with van der Waals surface area (Å²) in [6.07, 6.45) is 5.33. The lowest BCUT2D eigenvalue weighted by atomic mass is 9.93. The smallest absolute Gasteiger partial charge is 0.339 e. The number of aromatic carboxylic acids is 2. The summed E-state index contributed by atoms with van der Waals surface area (Å²) in [6, 6.07) is 5.32. The lowest BCUT2D eigenvalue weighted by Gasteiger charge is -2.14. The van der Waals surface area contributed by atoms with E-state index in [1.807, 2.05) is 6.08 Å². The molecule has 2 aromatic carbocycles. The summed E-state index contributed by atoms with van der Waals surface area (Å²) in [5.74, 6) is -3.82. The fourth-order valence-electron chi connectivity index (χ4n) is 2.88. The van der Waals surface area contributed by atoms with E-state index in [1.54, 1.807) is 0 Å². The second-order valence-electron chi connectivity index (χ2n) is 6.43. The van der Waals surface area contributed by atoms with E-state index in [1.165, 1.54) is 24.3 Å². The Hall–Kier alpha value is -2.74. The molecule has 0 aliphatic carbocycles. The second kappa shape index (κ2) is 10.9. The zero-order chi connectivity index (χ0) is 21.7. The van der Waals surface area contributed by atoms with Gasteiger partial charge in [-0.25, -0.2) is 9.59 Å². The molecule has 0 spiro atoms. The number of hydrogen-bond donors (Lipinski definition) is 5. The molecule has 0 amide bonds. The average Bonchev–Trinajstić information content (AvgIpc) is 2.65. The van der Waals surface area contributed by atoms with Crippen LogP contribution in [0, 0.1) is 0 Å². The lowest BCUT2D eigenvalue weighted by Crippen LogP contribution is -2.02. The first-order valence-electron chi connectivity index (χ1n) is 8.89. The Morgan fingerprint density at radius 3 is 1.67 bits per heavy atom. The van der Waals surface area contributed by atoms with Crippen LogP contribution in [0.2, 0.25) is 10.0 Å². The highest BCUT2D eigenvalue weighted by Crippen LogP contribution is 2.37. The first-order chi connectivity index (χ1) is 13.7. The molecule has 0 heterocycles. The molecule has 0 atom stereocenters. The fourth-order valence-corrected chi connectivity index (χ4v) is 3.32. The van der Waals surface area contributed by atoms with Crippen LogP contribution in [0.1, 0.15) is 64.4 Å². The summed E-state index contributed by atoms with van der Waals surface area (Å²) in [5.41, 5.74) is 0.486. The number of rotatable bonds is 8. The lowest BCUT2D eigenvalue weighted by molar-refractivity contribution is 0.0682. The van der Waals surface area contributed by atoms with Gasteiger partial charge in [0.1, 0.15) is 22.6 Å². The first-order valence-corrected chi connectivity index (χ1v) is 9.65. The monoisotopic (exact) mass is 455 g/mol. The van der Waals surface area contributed by atoms with Gasteiger partial charge in [-0.05, 0) is 53.8 Å². The van der Waals surface area contributed by atoms with E-state index in [9.17, 15) is 30.0 Å². The van der Waals surface area contributed by atoms with E-state index in [-0.39, 0.29) is 27.3 Å². The highest BCUT2D eigenvalue weighted by Gasteiger charge is 2.20. The van der Waals surface area contributed by atoms with Gasteiger partial charge < -0.3 is 26.6 Å². The van der Waals surface area contributed by atoms with Gasteiger partial charge in [0.05, 0.1) is 10.0 Å². The summed E-state index contributed by atoms with van der Waals surface area (Å²) in [4.78, 5) is 22.9.